The van der Waals surface area contributed by atoms with E-state index in [1.54, 1.807) is 18.2 Å². The molecule has 7 nitrogen and oxygen atoms in total. The number of nitrogens with one attached hydrogen (secondary N) is 2. The van der Waals surface area contributed by atoms with Gasteiger partial charge in [-0.05, 0) is 55.8 Å². The Kier molecular flexibility index (Phi) is 7.04. The van der Waals surface area contributed by atoms with Gasteiger partial charge in [0.05, 0.1) is 10.2 Å². The SMILES string of the molecule is Cc1cccc(NC(=O)C(C)Sc2cccc(NC(=O)c3cccc([N+](=O)[O-])c3)c2)c1. The quantitative estimate of drug-likeness (QED) is 0.299. The van der Waals surface area contributed by atoms with Gasteiger partial charge in [-0.3, -0.25) is 19.7 Å². The normalized spacial score (nSPS) is 11.4. The molecule has 0 saturated carbocycles. The monoisotopic (exact) mass is 435 g/mol. The van der Waals surface area contributed by atoms with Crippen molar-refractivity contribution in [2.45, 2.75) is 24.0 Å². The van der Waals surface area contributed by atoms with Gasteiger partial charge in [-0.1, -0.05) is 24.3 Å². The average Bonchev–Trinajstić information content (AvgIpc) is 2.74. The third kappa shape index (κ3) is 6.16. The van der Waals surface area contributed by atoms with Crippen LogP contribution < -0.4 is 10.6 Å². The molecule has 0 aliphatic heterocycles. The Morgan fingerprint density at radius 1 is 0.935 bits per heavy atom. The molecule has 2 amide bonds. The molecule has 0 saturated heterocycles. The van der Waals surface area contributed by atoms with E-state index in [1.165, 1.54) is 36.0 Å². The standard InChI is InChI=1S/C23H21N3O4S/c1-15-6-3-8-18(12-15)24-22(27)16(2)31-21-11-5-9-19(14-21)25-23(28)17-7-4-10-20(13-17)26(29)30/h3-14,16H,1-2H3,(H,24,27)(H,25,28). The molecule has 3 aromatic rings. The summed E-state index contributed by atoms with van der Waals surface area (Å²) in [4.78, 5) is 36.1. The fourth-order valence-electron chi connectivity index (χ4n) is 2.84. The molecule has 0 bridgehead atoms. The van der Waals surface area contributed by atoms with Crippen LogP contribution in [0.5, 0.6) is 0 Å². The highest BCUT2D eigenvalue weighted by Gasteiger charge is 2.16. The fourth-order valence-corrected chi connectivity index (χ4v) is 3.76. The molecule has 158 valence electrons. The van der Waals surface area contributed by atoms with Crippen molar-refractivity contribution >= 4 is 40.6 Å². The number of thioether (sulfide) groups is 1. The van der Waals surface area contributed by atoms with Crippen LogP contribution in [0, 0.1) is 17.0 Å². The highest BCUT2D eigenvalue weighted by atomic mass is 32.2. The third-order valence-electron chi connectivity index (χ3n) is 4.38. The van der Waals surface area contributed by atoms with Gasteiger partial charge in [0, 0.05) is 34.0 Å². The summed E-state index contributed by atoms with van der Waals surface area (Å²) in [5.74, 6) is -0.572. The van der Waals surface area contributed by atoms with Gasteiger partial charge >= 0.3 is 0 Å². The Hall–Kier alpha value is -3.65. The van der Waals surface area contributed by atoms with E-state index in [0.29, 0.717) is 5.69 Å². The van der Waals surface area contributed by atoms with Gasteiger partial charge in [0.1, 0.15) is 0 Å². The maximum atomic E-state index is 12.5. The summed E-state index contributed by atoms with van der Waals surface area (Å²) >= 11 is 1.37. The number of nitro benzene ring substituents is 1. The minimum Gasteiger partial charge on any atom is -0.325 e. The lowest BCUT2D eigenvalue weighted by Crippen LogP contribution is -2.22. The molecule has 2 N–H and O–H groups in total. The second-order valence-corrected chi connectivity index (χ2v) is 8.32. The number of amides is 2. The van der Waals surface area contributed by atoms with Crippen molar-refractivity contribution in [2.24, 2.45) is 0 Å². The van der Waals surface area contributed by atoms with E-state index in [4.69, 9.17) is 0 Å². The smallest absolute Gasteiger partial charge is 0.270 e. The highest BCUT2D eigenvalue weighted by molar-refractivity contribution is 8.00. The Morgan fingerprint density at radius 3 is 2.32 bits per heavy atom. The molecule has 0 heterocycles. The predicted molar refractivity (Wildman–Crippen MR) is 123 cm³/mol. The molecule has 0 spiro atoms. The van der Waals surface area contributed by atoms with Crippen molar-refractivity contribution in [1.82, 2.24) is 0 Å². The molecule has 0 radical (unpaired) electrons. The number of aryl methyl sites for hydroxylation is 1. The molecule has 0 aromatic heterocycles. The van der Waals surface area contributed by atoms with Crippen molar-refractivity contribution in [1.29, 1.82) is 0 Å². The highest BCUT2D eigenvalue weighted by Crippen LogP contribution is 2.27. The Balaban J connectivity index is 1.64. The van der Waals surface area contributed by atoms with E-state index in [2.05, 4.69) is 10.6 Å². The number of anilines is 2. The molecule has 0 fully saturated rings. The first-order chi connectivity index (χ1) is 14.8. The number of rotatable bonds is 7. The van der Waals surface area contributed by atoms with Crippen molar-refractivity contribution in [3.05, 3.63) is 94.0 Å². The molecule has 1 unspecified atom stereocenters. The molecule has 3 aromatic carbocycles. The Labute approximate surface area is 184 Å². The number of nitrogens with zero attached hydrogens (tertiary/aromatic N) is 1. The summed E-state index contributed by atoms with van der Waals surface area (Å²) in [6.07, 6.45) is 0. The zero-order valence-electron chi connectivity index (χ0n) is 17.0. The first-order valence-electron chi connectivity index (χ1n) is 9.52. The van der Waals surface area contributed by atoms with Crippen LogP contribution in [0.25, 0.3) is 0 Å². The summed E-state index contributed by atoms with van der Waals surface area (Å²) in [6.45, 7) is 3.77. The number of benzene rings is 3. The lowest BCUT2D eigenvalue weighted by Gasteiger charge is -2.13. The predicted octanol–water partition coefficient (Wildman–Crippen LogP) is 5.27. The lowest BCUT2D eigenvalue weighted by molar-refractivity contribution is -0.384. The molecule has 0 aliphatic rings. The van der Waals surface area contributed by atoms with Gasteiger partial charge < -0.3 is 10.6 Å². The van der Waals surface area contributed by atoms with Crippen LogP contribution in [0.4, 0.5) is 17.1 Å². The molecule has 3 rings (SSSR count). The zero-order valence-corrected chi connectivity index (χ0v) is 17.8. The van der Waals surface area contributed by atoms with E-state index < -0.39 is 10.8 Å². The first kappa shape index (κ1) is 22.0. The minimum absolute atomic E-state index is 0.123. The van der Waals surface area contributed by atoms with Gasteiger partial charge in [-0.25, -0.2) is 0 Å². The number of carbonyl (C=O) groups is 2. The third-order valence-corrected chi connectivity index (χ3v) is 5.47. The molecular formula is C23H21N3O4S. The largest absolute Gasteiger partial charge is 0.325 e. The minimum atomic E-state index is -0.544. The molecule has 8 heteroatoms. The molecule has 0 aliphatic carbocycles. The van der Waals surface area contributed by atoms with Crippen LogP contribution in [-0.4, -0.2) is 22.0 Å². The van der Waals surface area contributed by atoms with E-state index in [0.717, 1.165) is 16.1 Å². The van der Waals surface area contributed by atoms with Crippen molar-refractivity contribution in [3.8, 4) is 0 Å². The van der Waals surface area contributed by atoms with Crippen LogP contribution in [0.3, 0.4) is 0 Å². The first-order valence-corrected chi connectivity index (χ1v) is 10.4. The topological polar surface area (TPSA) is 101 Å². The maximum absolute atomic E-state index is 12.5. The summed E-state index contributed by atoms with van der Waals surface area (Å²) in [5.41, 5.74) is 2.39. The van der Waals surface area contributed by atoms with Gasteiger partial charge in [0.2, 0.25) is 5.91 Å². The summed E-state index contributed by atoms with van der Waals surface area (Å²) in [6, 6.07) is 20.2. The van der Waals surface area contributed by atoms with Crippen molar-refractivity contribution < 1.29 is 14.5 Å². The number of carbonyl (C=O) groups excluding carboxylic acids is 2. The Morgan fingerprint density at radius 2 is 1.61 bits per heavy atom. The van der Waals surface area contributed by atoms with Crippen molar-refractivity contribution in [3.63, 3.8) is 0 Å². The van der Waals surface area contributed by atoms with E-state index in [9.17, 15) is 19.7 Å². The van der Waals surface area contributed by atoms with Crippen LogP contribution in [0.1, 0.15) is 22.8 Å². The summed E-state index contributed by atoms with van der Waals surface area (Å²) in [5, 5.41) is 16.2. The van der Waals surface area contributed by atoms with Crippen molar-refractivity contribution in [2.75, 3.05) is 10.6 Å². The van der Waals surface area contributed by atoms with Crippen LogP contribution in [-0.2, 0) is 4.79 Å². The second kappa shape index (κ2) is 9.90. The van der Waals surface area contributed by atoms with Crippen LogP contribution >= 0.6 is 11.8 Å². The van der Waals surface area contributed by atoms with Gasteiger partial charge in [-0.2, -0.15) is 0 Å². The number of hydrogen-bond donors (Lipinski definition) is 2. The van der Waals surface area contributed by atoms with Gasteiger partial charge in [0.15, 0.2) is 0 Å². The fraction of sp³-hybridized carbons (Fsp3) is 0.130. The number of non-ortho nitro benzene ring substituents is 1. The van der Waals surface area contributed by atoms with E-state index >= 15 is 0 Å². The van der Waals surface area contributed by atoms with E-state index in [-0.39, 0.29) is 22.4 Å². The lowest BCUT2D eigenvalue weighted by atomic mass is 10.2. The molecular weight excluding hydrogens is 414 g/mol. The summed E-state index contributed by atoms with van der Waals surface area (Å²) < 4.78 is 0. The van der Waals surface area contributed by atoms with Crippen LogP contribution in [0.15, 0.2) is 77.7 Å². The zero-order chi connectivity index (χ0) is 22.4. The average molecular weight is 436 g/mol. The van der Waals surface area contributed by atoms with Crippen LogP contribution in [0.2, 0.25) is 0 Å². The van der Waals surface area contributed by atoms with Gasteiger partial charge in [0.25, 0.3) is 11.6 Å². The second-order valence-electron chi connectivity index (χ2n) is 6.91. The van der Waals surface area contributed by atoms with E-state index in [1.807, 2.05) is 44.2 Å². The molecule has 31 heavy (non-hydrogen) atoms. The Bertz CT molecular complexity index is 1130. The summed E-state index contributed by atoms with van der Waals surface area (Å²) in [7, 11) is 0. The molecule has 1 atom stereocenters. The van der Waals surface area contributed by atoms with Gasteiger partial charge in [-0.15, -0.1) is 11.8 Å². The number of hydrogen-bond acceptors (Lipinski definition) is 5. The maximum Gasteiger partial charge on any atom is 0.270 e. The number of nitro groups is 1.